The molecule has 1 atom stereocenters. The quantitative estimate of drug-likeness (QED) is 0.102. The van der Waals surface area contributed by atoms with Crippen molar-refractivity contribution in [3.05, 3.63) is 59.2 Å². The highest BCUT2D eigenvalue weighted by atomic mass is 16.5. The van der Waals surface area contributed by atoms with Crippen LogP contribution in [0.25, 0.3) is 0 Å². The molecule has 0 aromatic heterocycles. The maximum atomic E-state index is 12.4. The standard InChI is InChI=1S/C42H64O6/c1-6-7-8-9-32-10-12-33(13-11-32)34-18-20-37(21-19-34)40-23-22-38(24-29(40)2)35-14-16-36(17-15-35)39(27-47-41(44)30(3)25-43)28-48-42(45)31(4)26-46-5/h22-24,32-37,39,43H,3-4,6-21,25-28H2,1-2,5H3. The van der Waals surface area contributed by atoms with Crippen molar-refractivity contribution in [3.63, 3.8) is 0 Å². The summed E-state index contributed by atoms with van der Waals surface area (Å²) in [6, 6.07) is 7.28. The molecule has 1 aromatic rings. The Morgan fingerprint density at radius 1 is 0.812 bits per heavy atom. The third kappa shape index (κ3) is 11.0. The van der Waals surface area contributed by atoms with Crippen molar-refractivity contribution >= 4 is 11.9 Å². The number of esters is 2. The SMILES string of the molecule is C=C(CO)C(=O)OCC(COC(=O)C(=C)COC)C1CCC(c2ccc(C3CCC(C4CCC(CCCCC)CC4)CC3)c(C)c2)CC1. The number of aryl methyl sites for hydroxylation is 1. The molecule has 3 aliphatic rings. The Morgan fingerprint density at radius 3 is 1.96 bits per heavy atom. The monoisotopic (exact) mass is 664 g/mol. The number of aliphatic hydroxyl groups excluding tert-OH is 1. The van der Waals surface area contributed by atoms with Gasteiger partial charge in [0.15, 0.2) is 0 Å². The average Bonchev–Trinajstić information content (AvgIpc) is 3.11. The van der Waals surface area contributed by atoms with Gasteiger partial charge in [-0.3, -0.25) is 0 Å². The summed E-state index contributed by atoms with van der Waals surface area (Å²) in [6.45, 7) is 11.9. The van der Waals surface area contributed by atoms with E-state index in [-0.39, 0.29) is 42.8 Å². The minimum atomic E-state index is -0.615. The van der Waals surface area contributed by atoms with Gasteiger partial charge in [-0.2, -0.15) is 0 Å². The molecule has 0 radical (unpaired) electrons. The maximum Gasteiger partial charge on any atom is 0.335 e. The lowest BCUT2D eigenvalue weighted by atomic mass is 9.67. The van der Waals surface area contributed by atoms with Crippen molar-refractivity contribution in [1.82, 2.24) is 0 Å². The summed E-state index contributed by atoms with van der Waals surface area (Å²) in [4.78, 5) is 24.6. The highest BCUT2D eigenvalue weighted by Crippen LogP contribution is 2.46. The van der Waals surface area contributed by atoms with Crippen LogP contribution >= 0.6 is 0 Å². The molecular formula is C42H64O6. The van der Waals surface area contributed by atoms with E-state index in [9.17, 15) is 14.7 Å². The van der Waals surface area contributed by atoms with E-state index in [0.717, 1.165) is 43.4 Å². The van der Waals surface area contributed by atoms with Crippen molar-refractivity contribution in [3.8, 4) is 0 Å². The predicted molar refractivity (Wildman–Crippen MR) is 193 cm³/mol. The number of methoxy groups -OCH3 is 1. The van der Waals surface area contributed by atoms with Gasteiger partial charge in [-0.25, -0.2) is 9.59 Å². The third-order valence-corrected chi connectivity index (χ3v) is 12.1. The largest absolute Gasteiger partial charge is 0.462 e. The van der Waals surface area contributed by atoms with Crippen LogP contribution < -0.4 is 0 Å². The minimum absolute atomic E-state index is 0.0187. The fourth-order valence-corrected chi connectivity index (χ4v) is 9.06. The first-order valence-electron chi connectivity index (χ1n) is 19.1. The van der Waals surface area contributed by atoms with E-state index in [4.69, 9.17) is 14.2 Å². The number of ether oxygens (including phenoxy) is 3. The molecule has 0 aliphatic heterocycles. The highest BCUT2D eigenvalue weighted by molar-refractivity contribution is 5.88. The van der Waals surface area contributed by atoms with Crippen molar-refractivity contribution < 1.29 is 28.9 Å². The lowest BCUT2D eigenvalue weighted by Crippen LogP contribution is -2.31. The topological polar surface area (TPSA) is 82.1 Å². The van der Waals surface area contributed by atoms with Gasteiger partial charge in [0.05, 0.1) is 37.6 Å². The zero-order valence-electron chi connectivity index (χ0n) is 30.3. The smallest absolute Gasteiger partial charge is 0.335 e. The molecule has 1 unspecified atom stereocenters. The second-order valence-corrected chi connectivity index (χ2v) is 15.4. The fraction of sp³-hybridized carbons (Fsp3) is 0.714. The maximum absolute atomic E-state index is 12.4. The van der Waals surface area contributed by atoms with Gasteiger partial charge in [-0.15, -0.1) is 0 Å². The van der Waals surface area contributed by atoms with Gasteiger partial charge in [-0.05, 0) is 123 Å². The highest BCUT2D eigenvalue weighted by Gasteiger charge is 2.33. The van der Waals surface area contributed by atoms with Gasteiger partial charge in [0.25, 0.3) is 0 Å². The number of benzene rings is 1. The fourth-order valence-electron chi connectivity index (χ4n) is 9.06. The Kier molecular flexibility index (Phi) is 15.7. The van der Waals surface area contributed by atoms with Crippen LogP contribution in [0.15, 0.2) is 42.5 Å². The molecule has 0 spiro atoms. The van der Waals surface area contributed by atoms with Crippen molar-refractivity contribution in [2.24, 2.45) is 29.6 Å². The van der Waals surface area contributed by atoms with E-state index in [2.05, 4.69) is 45.2 Å². The Hall–Kier alpha value is -2.44. The average molecular weight is 665 g/mol. The molecule has 268 valence electrons. The first-order chi connectivity index (χ1) is 23.2. The van der Waals surface area contributed by atoms with Crippen molar-refractivity contribution in [2.45, 2.75) is 128 Å². The Bertz CT molecular complexity index is 1180. The van der Waals surface area contributed by atoms with Gasteiger partial charge in [0.2, 0.25) is 0 Å². The number of rotatable bonds is 17. The van der Waals surface area contributed by atoms with Crippen LogP contribution in [-0.2, 0) is 23.8 Å². The summed E-state index contributed by atoms with van der Waals surface area (Å²) in [5, 5.41) is 9.26. The summed E-state index contributed by atoms with van der Waals surface area (Å²) in [7, 11) is 1.51. The number of carbonyl (C=O) groups excluding carboxylic acids is 2. The van der Waals surface area contributed by atoms with Crippen LogP contribution in [0.2, 0.25) is 0 Å². The molecule has 1 N–H and O–H groups in total. The number of unbranched alkanes of at least 4 members (excludes halogenated alkanes) is 2. The molecule has 0 heterocycles. The van der Waals surface area contributed by atoms with Gasteiger partial charge in [0, 0.05) is 13.0 Å². The first kappa shape index (κ1) is 38.4. The van der Waals surface area contributed by atoms with Gasteiger partial charge in [-0.1, -0.05) is 76.8 Å². The molecule has 6 heteroatoms. The van der Waals surface area contributed by atoms with Gasteiger partial charge in [0.1, 0.15) is 0 Å². The molecule has 0 amide bonds. The summed E-state index contributed by atoms with van der Waals surface area (Å²) in [6.07, 6.45) is 21.1. The zero-order chi connectivity index (χ0) is 34.5. The van der Waals surface area contributed by atoms with E-state index in [1.54, 1.807) is 5.56 Å². The summed E-state index contributed by atoms with van der Waals surface area (Å²) in [5.74, 6) is 3.13. The third-order valence-electron chi connectivity index (χ3n) is 12.1. The summed E-state index contributed by atoms with van der Waals surface area (Å²) in [5.41, 5.74) is 4.72. The van der Waals surface area contributed by atoms with Crippen LogP contribution in [-0.4, -0.2) is 50.6 Å². The molecule has 3 saturated carbocycles. The normalized spacial score (nSPS) is 26.8. The van der Waals surface area contributed by atoms with Crippen LogP contribution in [0, 0.1) is 36.5 Å². The molecule has 1 aromatic carbocycles. The Morgan fingerprint density at radius 2 is 1.40 bits per heavy atom. The molecule has 0 saturated heterocycles. The number of carbonyl (C=O) groups is 2. The lowest BCUT2D eigenvalue weighted by Gasteiger charge is -2.38. The minimum Gasteiger partial charge on any atom is -0.462 e. The molecule has 3 fully saturated rings. The molecule has 3 aliphatic carbocycles. The molecule has 6 nitrogen and oxygen atoms in total. The second kappa shape index (κ2) is 19.7. The van der Waals surface area contributed by atoms with E-state index in [1.807, 2.05) is 0 Å². The van der Waals surface area contributed by atoms with Gasteiger partial charge >= 0.3 is 11.9 Å². The second-order valence-electron chi connectivity index (χ2n) is 15.4. The molecular weight excluding hydrogens is 600 g/mol. The van der Waals surface area contributed by atoms with E-state index >= 15 is 0 Å². The van der Waals surface area contributed by atoms with E-state index in [1.165, 1.54) is 95.3 Å². The van der Waals surface area contributed by atoms with Crippen molar-refractivity contribution in [2.75, 3.05) is 33.5 Å². The van der Waals surface area contributed by atoms with Gasteiger partial charge < -0.3 is 19.3 Å². The summed E-state index contributed by atoms with van der Waals surface area (Å²) >= 11 is 0. The van der Waals surface area contributed by atoms with Crippen LogP contribution in [0.5, 0.6) is 0 Å². The molecule has 0 bridgehead atoms. The van der Waals surface area contributed by atoms with Crippen LogP contribution in [0.1, 0.15) is 138 Å². The Balaban J connectivity index is 1.26. The lowest BCUT2D eigenvalue weighted by molar-refractivity contribution is -0.146. The molecule has 4 rings (SSSR count). The van der Waals surface area contributed by atoms with E-state index in [0.29, 0.717) is 11.8 Å². The van der Waals surface area contributed by atoms with Crippen LogP contribution in [0.4, 0.5) is 0 Å². The molecule has 48 heavy (non-hydrogen) atoms. The predicted octanol–water partition coefficient (Wildman–Crippen LogP) is 9.38. The zero-order valence-corrected chi connectivity index (χ0v) is 30.3. The van der Waals surface area contributed by atoms with Crippen LogP contribution in [0.3, 0.4) is 0 Å². The number of hydrogen-bond donors (Lipinski definition) is 1. The van der Waals surface area contributed by atoms with E-state index < -0.39 is 18.5 Å². The van der Waals surface area contributed by atoms with Crippen molar-refractivity contribution in [1.29, 1.82) is 0 Å². The summed E-state index contributed by atoms with van der Waals surface area (Å²) < 4.78 is 16.0. The first-order valence-corrected chi connectivity index (χ1v) is 19.1. The number of hydrogen-bond acceptors (Lipinski definition) is 6. The Labute approximate surface area is 291 Å². The number of aliphatic hydroxyl groups is 1.